The highest BCUT2D eigenvalue weighted by Gasteiger charge is 2.02. The molecule has 0 unspecified atom stereocenters. The Labute approximate surface area is 140 Å². The van der Waals surface area contributed by atoms with Gasteiger partial charge in [0.05, 0.1) is 5.01 Å². The minimum absolute atomic E-state index is 0.658. The molecule has 0 saturated heterocycles. The van der Waals surface area contributed by atoms with Gasteiger partial charge in [0.1, 0.15) is 0 Å². The lowest BCUT2D eigenvalue weighted by molar-refractivity contribution is 0.739. The average molecular weight is 337 g/mol. The van der Waals surface area contributed by atoms with Crippen LogP contribution in [0.5, 0.6) is 0 Å². The highest BCUT2D eigenvalue weighted by atomic mass is 35.5. The number of aliphatic imine (C=N–C) groups is 1. The van der Waals surface area contributed by atoms with Crippen molar-refractivity contribution >= 4 is 28.9 Å². The van der Waals surface area contributed by atoms with Crippen LogP contribution in [0.2, 0.25) is 5.02 Å². The van der Waals surface area contributed by atoms with Gasteiger partial charge in [0, 0.05) is 42.7 Å². The zero-order valence-corrected chi connectivity index (χ0v) is 14.5. The van der Waals surface area contributed by atoms with Crippen LogP contribution in [-0.2, 0) is 13.0 Å². The van der Waals surface area contributed by atoms with Crippen molar-refractivity contribution in [3.63, 3.8) is 0 Å². The van der Waals surface area contributed by atoms with E-state index in [4.69, 9.17) is 11.6 Å². The summed E-state index contributed by atoms with van der Waals surface area (Å²) < 4.78 is 0. The molecule has 2 aromatic rings. The Kier molecular flexibility index (Phi) is 6.68. The first-order valence-electron chi connectivity index (χ1n) is 7.28. The second kappa shape index (κ2) is 8.76. The third kappa shape index (κ3) is 5.31. The van der Waals surface area contributed by atoms with E-state index in [1.54, 1.807) is 18.4 Å². The van der Waals surface area contributed by atoms with Gasteiger partial charge in [-0.15, -0.1) is 11.3 Å². The second-order valence-corrected chi connectivity index (χ2v) is 6.28. The van der Waals surface area contributed by atoms with E-state index in [-0.39, 0.29) is 0 Å². The highest BCUT2D eigenvalue weighted by molar-refractivity contribution is 7.09. The van der Waals surface area contributed by atoms with Gasteiger partial charge < -0.3 is 10.6 Å². The van der Waals surface area contributed by atoms with Crippen LogP contribution < -0.4 is 10.6 Å². The van der Waals surface area contributed by atoms with Gasteiger partial charge in [-0.05, 0) is 25.0 Å². The molecule has 4 nitrogen and oxygen atoms in total. The minimum atomic E-state index is 0.658. The summed E-state index contributed by atoms with van der Waals surface area (Å²) in [6, 6.07) is 7.81. The van der Waals surface area contributed by atoms with Crippen LogP contribution >= 0.6 is 22.9 Å². The Morgan fingerprint density at radius 3 is 2.82 bits per heavy atom. The van der Waals surface area contributed by atoms with Gasteiger partial charge in [0.25, 0.3) is 0 Å². The fourth-order valence-corrected chi connectivity index (χ4v) is 3.03. The van der Waals surface area contributed by atoms with Crippen molar-refractivity contribution < 1.29 is 0 Å². The Hall–Kier alpha value is -1.59. The first-order valence-corrected chi connectivity index (χ1v) is 8.53. The number of hydrogen-bond acceptors (Lipinski definition) is 3. The third-order valence-electron chi connectivity index (χ3n) is 3.15. The molecule has 0 radical (unpaired) electrons. The topological polar surface area (TPSA) is 49.3 Å². The normalized spacial score (nSPS) is 11.5. The number of aromatic nitrogens is 1. The summed E-state index contributed by atoms with van der Waals surface area (Å²) >= 11 is 7.87. The molecule has 6 heteroatoms. The number of halogens is 1. The summed E-state index contributed by atoms with van der Waals surface area (Å²) in [4.78, 5) is 8.68. The number of aryl methyl sites for hydroxylation is 2. The van der Waals surface area contributed by atoms with E-state index in [2.05, 4.69) is 26.0 Å². The summed E-state index contributed by atoms with van der Waals surface area (Å²) in [6.07, 6.45) is 2.02. The van der Waals surface area contributed by atoms with Crippen molar-refractivity contribution in [2.75, 3.05) is 13.6 Å². The Morgan fingerprint density at radius 1 is 1.32 bits per heavy atom. The van der Waals surface area contributed by atoms with Crippen molar-refractivity contribution in [3.05, 3.63) is 50.9 Å². The van der Waals surface area contributed by atoms with E-state index in [9.17, 15) is 0 Å². The van der Waals surface area contributed by atoms with Gasteiger partial charge >= 0.3 is 0 Å². The summed E-state index contributed by atoms with van der Waals surface area (Å²) in [7, 11) is 1.77. The maximum absolute atomic E-state index is 6.14. The first-order chi connectivity index (χ1) is 10.7. The van der Waals surface area contributed by atoms with E-state index in [0.29, 0.717) is 6.54 Å². The molecule has 118 valence electrons. The second-order valence-electron chi connectivity index (χ2n) is 4.93. The fourth-order valence-electron chi connectivity index (χ4n) is 2.01. The zero-order valence-electron chi connectivity index (χ0n) is 12.9. The molecule has 0 aliphatic carbocycles. The molecule has 0 aliphatic heterocycles. The highest BCUT2D eigenvalue weighted by Crippen LogP contribution is 2.14. The fraction of sp³-hybridized carbons (Fsp3) is 0.375. The van der Waals surface area contributed by atoms with Crippen molar-refractivity contribution in [1.82, 2.24) is 15.6 Å². The van der Waals surface area contributed by atoms with Crippen LogP contribution in [0.1, 0.15) is 22.7 Å². The molecule has 1 aromatic carbocycles. The SMILES string of the molecule is CN=C(NCCCc1nc(C)cs1)NCc1ccccc1Cl. The molecule has 0 spiro atoms. The minimum Gasteiger partial charge on any atom is -0.356 e. The molecular weight excluding hydrogens is 316 g/mol. The lowest BCUT2D eigenvalue weighted by Crippen LogP contribution is -2.37. The molecule has 0 amide bonds. The monoisotopic (exact) mass is 336 g/mol. The molecule has 0 atom stereocenters. The largest absolute Gasteiger partial charge is 0.356 e. The van der Waals surface area contributed by atoms with Crippen molar-refractivity contribution in [2.45, 2.75) is 26.3 Å². The number of nitrogens with one attached hydrogen (secondary N) is 2. The van der Waals surface area contributed by atoms with Crippen LogP contribution in [0.25, 0.3) is 0 Å². The predicted octanol–water partition coefficient (Wildman–Crippen LogP) is 3.40. The molecule has 1 heterocycles. The number of guanidine groups is 1. The molecule has 2 rings (SSSR count). The lowest BCUT2D eigenvalue weighted by Gasteiger charge is -2.12. The molecule has 0 saturated carbocycles. The molecule has 22 heavy (non-hydrogen) atoms. The summed E-state index contributed by atoms with van der Waals surface area (Å²) in [5.41, 5.74) is 2.16. The van der Waals surface area contributed by atoms with E-state index in [0.717, 1.165) is 41.6 Å². The predicted molar refractivity (Wildman–Crippen MR) is 94.8 cm³/mol. The number of rotatable bonds is 6. The Bertz CT molecular complexity index is 624. The smallest absolute Gasteiger partial charge is 0.191 e. The van der Waals surface area contributed by atoms with Crippen LogP contribution in [0.4, 0.5) is 0 Å². The van der Waals surface area contributed by atoms with Gasteiger partial charge in [-0.25, -0.2) is 4.98 Å². The van der Waals surface area contributed by atoms with E-state index in [1.807, 2.05) is 31.2 Å². The molecular formula is C16H21ClN4S. The van der Waals surface area contributed by atoms with Crippen molar-refractivity contribution in [2.24, 2.45) is 4.99 Å². The van der Waals surface area contributed by atoms with Crippen LogP contribution in [0, 0.1) is 6.92 Å². The molecule has 0 bridgehead atoms. The third-order valence-corrected chi connectivity index (χ3v) is 4.55. The molecule has 0 fully saturated rings. The van der Waals surface area contributed by atoms with Gasteiger partial charge in [0.15, 0.2) is 5.96 Å². The van der Waals surface area contributed by atoms with Gasteiger partial charge in [0.2, 0.25) is 0 Å². The van der Waals surface area contributed by atoms with E-state index >= 15 is 0 Å². The van der Waals surface area contributed by atoms with Crippen molar-refractivity contribution in [3.8, 4) is 0 Å². The summed E-state index contributed by atoms with van der Waals surface area (Å²) in [5.74, 6) is 0.787. The van der Waals surface area contributed by atoms with Gasteiger partial charge in [-0.3, -0.25) is 4.99 Å². The Morgan fingerprint density at radius 2 is 2.14 bits per heavy atom. The summed E-state index contributed by atoms with van der Waals surface area (Å²) in [6.45, 7) is 3.55. The summed E-state index contributed by atoms with van der Waals surface area (Å²) in [5, 5.41) is 10.6. The van der Waals surface area contributed by atoms with Crippen LogP contribution in [-0.4, -0.2) is 24.5 Å². The van der Waals surface area contributed by atoms with Crippen LogP contribution in [0.3, 0.4) is 0 Å². The molecule has 1 aromatic heterocycles. The first kappa shape index (κ1) is 16.8. The van der Waals surface area contributed by atoms with Gasteiger partial charge in [-0.2, -0.15) is 0 Å². The standard InChI is InChI=1S/C16H21ClN4S/c1-12-11-22-15(21-12)8-5-9-19-16(18-2)20-10-13-6-3-4-7-14(13)17/h3-4,6-7,11H,5,8-10H2,1-2H3,(H2,18,19,20). The lowest BCUT2D eigenvalue weighted by atomic mass is 10.2. The number of hydrogen-bond donors (Lipinski definition) is 2. The zero-order chi connectivity index (χ0) is 15.8. The molecule has 0 aliphatic rings. The van der Waals surface area contributed by atoms with Crippen LogP contribution in [0.15, 0.2) is 34.6 Å². The number of benzene rings is 1. The Balaban J connectivity index is 1.70. The number of thiazole rings is 1. The quantitative estimate of drug-likeness (QED) is 0.483. The average Bonchev–Trinajstić information content (AvgIpc) is 2.93. The van der Waals surface area contributed by atoms with E-state index in [1.165, 1.54) is 5.01 Å². The van der Waals surface area contributed by atoms with Crippen molar-refractivity contribution in [1.29, 1.82) is 0 Å². The maximum Gasteiger partial charge on any atom is 0.191 e. The number of nitrogens with zero attached hydrogens (tertiary/aromatic N) is 2. The van der Waals surface area contributed by atoms with Gasteiger partial charge in [-0.1, -0.05) is 29.8 Å². The molecule has 2 N–H and O–H groups in total. The maximum atomic E-state index is 6.14. The van der Waals surface area contributed by atoms with E-state index < -0.39 is 0 Å².